The quantitative estimate of drug-likeness (QED) is 0.212. The summed E-state index contributed by atoms with van der Waals surface area (Å²) >= 11 is 0. The lowest BCUT2D eigenvalue weighted by Gasteiger charge is -2.22. The zero-order chi connectivity index (χ0) is 28.0. The summed E-state index contributed by atoms with van der Waals surface area (Å²) in [6.07, 6.45) is -0.780. The molecule has 39 heavy (non-hydrogen) atoms. The van der Waals surface area contributed by atoms with E-state index in [1.165, 1.54) is 35.5 Å². The fourth-order valence-electron chi connectivity index (χ4n) is 3.74. The zero-order valence-electron chi connectivity index (χ0n) is 20.2. The van der Waals surface area contributed by atoms with Gasteiger partial charge >= 0.3 is 6.18 Å². The first-order chi connectivity index (χ1) is 18.6. The molecule has 0 aliphatic rings. The Morgan fingerprint density at radius 3 is 2.49 bits per heavy atom. The molecule has 0 N–H and O–H groups in total. The van der Waals surface area contributed by atoms with Gasteiger partial charge < -0.3 is 9.47 Å². The number of halogens is 5. The van der Waals surface area contributed by atoms with Crippen LogP contribution >= 0.6 is 0 Å². The smallest absolute Gasteiger partial charge is 0.327 e. The Morgan fingerprint density at radius 1 is 1.03 bits per heavy atom. The molecule has 0 fully saturated rings. The van der Waals surface area contributed by atoms with Crippen molar-refractivity contribution in [2.75, 3.05) is 0 Å². The predicted octanol–water partition coefficient (Wildman–Crippen LogP) is 5.74. The van der Waals surface area contributed by atoms with E-state index in [-0.39, 0.29) is 24.2 Å². The Hall–Kier alpha value is -4.85. The summed E-state index contributed by atoms with van der Waals surface area (Å²) in [5.41, 5.74) is 0.652. The summed E-state index contributed by atoms with van der Waals surface area (Å²) in [6.45, 7) is -0.0679. The van der Waals surface area contributed by atoms with Crippen LogP contribution in [0.15, 0.2) is 79.1 Å². The molecular formula is C28H20F5N5O. The lowest BCUT2D eigenvalue weighted by Crippen LogP contribution is -2.30. The van der Waals surface area contributed by atoms with Crippen LogP contribution in [0.2, 0.25) is 0 Å². The number of amides is 1. The maximum absolute atomic E-state index is 14.4. The molecule has 0 saturated heterocycles. The lowest BCUT2D eigenvalue weighted by molar-refractivity contribution is -0.137. The van der Waals surface area contributed by atoms with Crippen molar-refractivity contribution in [1.82, 2.24) is 19.7 Å². The van der Waals surface area contributed by atoms with Crippen molar-refractivity contribution in [2.45, 2.75) is 25.8 Å². The Morgan fingerprint density at radius 2 is 1.79 bits per heavy atom. The molecule has 4 rings (SSSR count). The van der Waals surface area contributed by atoms with Gasteiger partial charge in [-0.15, -0.1) is 10.2 Å². The minimum atomic E-state index is -4.54. The van der Waals surface area contributed by atoms with Gasteiger partial charge in [0.05, 0.1) is 30.3 Å². The van der Waals surface area contributed by atoms with Crippen LogP contribution < -0.4 is 0 Å². The second-order valence-corrected chi connectivity index (χ2v) is 8.57. The molecule has 1 heterocycles. The SMILES string of the molecule is N#Cc1ccc(Cn2cnnc2CN(Cc2ccc(F)cc2F)C(=O)C=Cc2cccc(C(F)(F)F)c2)cc1. The van der Waals surface area contributed by atoms with Gasteiger partial charge in [-0.05, 0) is 47.5 Å². The Kier molecular flexibility index (Phi) is 8.15. The van der Waals surface area contributed by atoms with Gasteiger partial charge in [-0.3, -0.25) is 4.79 Å². The molecule has 0 atom stereocenters. The zero-order valence-corrected chi connectivity index (χ0v) is 20.2. The molecular weight excluding hydrogens is 517 g/mol. The fourth-order valence-corrected chi connectivity index (χ4v) is 3.74. The molecule has 4 aromatic rings. The third kappa shape index (κ3) is 7.13. The number of hydrogen-bond acceptors (Lipinski definition) is 4. The normalized spacial score (nSPS) is 11.5. The second kappa shape index (κ2) is 11.7. The first-order valence-electron chi connectivity index (χ1n) is 11.6. The van der Waals surface area contributed by atoms with E-state index in [0.29, 0.717) is 24.0 Å². The second-order valence-electron chi connectivity index (χ2n) is 8.57. The highest BCUT2D eigenvalue weighted by Crippen LogP contribution is 2.29. The number of carbonyl (C=O) groups excluding carboxylic acids is 1. The standard InChI is InChI=1S/C28H20F5N5O/c29-24-10-9-22(25(30)13-24)16-37(27(39)11-8-19-2-1-3-23(12-19)28(31,32)33)17-26-36-35-18-38(26)15-21-6-4-20(14-34)5-7-21/h1-13,18H,15-17H2. The van der Waals surface area contributed by atoms with Crippen molar-refractivity contribution in [1.29, 1.82) is 5.26 Å². The molecule has 0 saturated carbocycles. The molecule has 6 nitrogen and oxygen atoms in total. The number of nitrogens with zero attached hydrogens (tertiary/aromatic N) is 5. The summed E-state index contributed by atoms with van der Waals surface area (Å²) in [6, 6.07) is 16.3. The van der Waals surface area contributed by atoms with Crippen molar-refractivity contribution in [3.8, 4) is 6.07 Å². The van der Waals surface area contributed by atoms with Crippen LogP contribution in [0.1, 0.15) is 33.6 Å². The number of carbonyl (C=O) groups is 1. The molecule has 1 aromatic heterocycles. The number of alkyl halides is 3. The van der Waals surface area contributed by atoms with Gasteiger partial charge in [-0.25, -0.2) is 8.78 Å². The average molecular weight is 537 g/mol. The minimum absolute atomic E-state index is 0.0374. The molecule has 198 valence electrons. The van der Waals surface area contributed by atoms with Gasteiger partial charge in [-0.1, -0.05) is 30.3 Å². The topological polar surface area (TPSA) is 74.8 Å². The highest BCUT2D eigenvalue weighted by Gasteiger charge is 2.30. The van der Waals surface area contributed by atoms with E-state index in [1.54, 1.807) is 28.8 Å². The van der Waals surface area contributed by atoms with E-state index in [2.05, 4.69) is 10.2 Å². The van der Waals surface area contributed by atoms with Crippen LogP contribution in [0.4, 0.5) is 22.0 Å². The maximum Gasteiger partial charge on any atom is 0.416 e. The van der Waals surface area contributed by atoms with Crippen LogP contribution in [0.5, 0.6) is 0 Å². The minimum Gasteiger partial charge on any atom is -0.327 e. The summed E-state index contributed by atoms with van der Waals surface area (Å²) in [7, 11) is 0. The van der Waals surface area contributed by atoms with Gasteiger partial charge in [-0.2, -0.15) is 18.4 Å². The van der Waals surface area contributed by atoms with Crippen LogP contribution in [0, 0.1) is 23.0 Å². The van der Waals surface area contributed by atoms with E-state index >= 15 is 0 Å². The molecule has 0 aliphatic heterocycles. The van der Waals surface area contributed by atoms with E-state index < -0.39 is 29.3 Å². The van der Waals surface area contributed by atoms with Crippen LogP contribution in [-0.2, 0) is 30.6 Å². The van der Waals surface area contributed by atoms with Gasteiger partial charge in [0.2, 0.25) is 5.91 Å². The van der Waals surface area contributed by atoms with E-state index in [1.807, 2.05) is 6.07 Å². The fraction of sp³-hybridized carbons (Fsp3) is 0.143. The largest absolute Gasteiger partial charge is 0.416 e. The van der Waals surface area contributed by atoms with Gasteiger partial charge in [0.1, 0.15) is 18.0 Å². The summed E-state index contributed by atoms with van der Waals surface area (Å²) in [4.78, 5) is 14.4. The van der Waals surface area contributed by atoms with Crippen molar-refractivity contribution < 1.29 is 26.7 Å². The van der Waals surface area contributed by atoms with Gasteiger partial charge in [0.25, 0.3) is 0 Å². The molecule has 0 bridgehead atoms. The molecule has 1 amide bonds. The lowest BCUT2D eigenvalue weighted by atomic mass is 10.1. The van der Waals surface area contributed by atoms with Crippen molar-refractivity contribution >= 4 is 12.0 Å². The molecule has 11 heteroatoms. The summed E-state index contributed by atoms with van der Waals surface area (Å²) < 4.78 is 68.7. The third-order valence-corrected chi connectivity index (χ3v) is 5.78. The third-order valence-electron chi connectivity index (χ3n) is 5.78. The first-order valence-corrected chi connectivity index (χ1v) is 11.6. The molecule has 3 aromatic carbocycles. The highest BCUT2D eigenvalue weighted by molar-refractivity contribution is 5.91. The molecule has 0 spiro atoms. The van der Waals surface area contributed by atoms with Crippen LogP contribution in [-0.4, -0.2) is 25.6 Å². The highest BCUT2D eigenvalue weighted by atomic mass is 19.4. The summed E-state index contributed by atoms with van der Waals surface area (Å²) in [5, 5.41) is 17.0. The number of aromatic nitrogens is 3. The van der Waals surface area contributed by atoms with Crippen LogP contribution in [0.25, 0.3) is 6.08 Å². The van der Waals surface area contributed by atoms with Crippen molar-refractivity contribution in [3.63, 3.8) is 0 Å². The molecule has 0 radical (unpaired) electrons. The maximum atomic E-state index is 14.4. The van der Waals surface area contributed by atoms with Gasteiger partial charge in [0.15, 0.2) is 5.82 Å². The monoisotopic (exact) mass is 537 g/mol. The number of hydrogen-bond donors (Lipinski definition) is 0. The molecule has 0 unspecified atom stereocenters. The first kappa shape index (κ1) is 27.2. The molecule has 0 aliphatic carbocycles. The average Bonchev–Trinajstić information content (AvgIpc) is 3.34. The Balaban J connectivity index is 1.59. The van der Waals surface area contributed by atoms with Gasteiger partial charge in [0, 0.05) is 24.3 Å². The number of nitriles is 1. The summed E-state index contributed by atoms with van der Waals surface area (Å²) in [5.74, 6) is -1.92. The van der Waals surface area contributed by atoms with E-state index in [4.69, 9.17) is 5.26 Å². The van der Waals surface area contributed by atoms with Crippen molar-refractivity contribution in [3.05, 3.63) is 124 Å². The predicted molar refractivity (Wildman–Crippen MR) is 131 cm³/mol. The van der Waals surface area contributed by atoms with E-state index in [0.717, 1.165) is 29.8 Å². The number of rotatable bonds is 8. The Labute approximate surface area is 220 Å². The van der Waals surface area contributed by atoms with E-state index in [9.17, 15) is 26.7 Å². The van der Waals surface area contributed by atoms with Crippen LogP contribution in [0.3, 0.4) is 0 Å². The Bertz CT molecular complexity index is 1540. The number of benzene rings is 3. The van der Waals surface area contributed by atoms with Crippen molar-refractivity contribution in [2.24, 2.45) is 0 Å².